The summed E-state index contributed by atoms with van der Waals surface area (Å²) in [6.07, 6.45) is 0.696. The third-order valence-electron chi connectivity index (χ3n) is 4.69. The molecule has 0 bridgehead atoms. The predicted molar refractivity (Wildman–Crippen MR) is 138 cm³/mol. The van der Waals surface area contributed by atoms with Crippen LogP contribution < -0.4 is 14.9 Å². The molecule has 0 radical (unpaired) electrons. The number of carbonyl (C=O) groups excluding carboxylic acids is 2. The summed E-state index contributed by atoms with van der Waals surface area (Å²) < 4.78 is 12.8. The molecule has 6 nitrogen and oxygen atoms in total. The smallest absolute Gasteiger partial charge is 0.355 e. The maximum absolute atomic E-state index is 12.7. The molecule has 9 heteroatoms. The van der Waals surface area contributed by atoms with E-state index in [1.165, 1.54) is 17.6 Å². The lowest BCUT2D eigenvalue weighted by molar-refractivity contribution is -0.127. The van der Waals surface area contributed by atoms with E-state index in [0.717, 1.165) is 14.6 Å². The van der Waals surface area contributed by atoms with Gasteiger partial charge in [-0.2, -0.15) is 5.10 Å². The number of ether oxygens (including phenoxy) is 2. The first kappa shape index (κ1) is 23.9. The maximum Gasteiger partial charge on any atom is 0.355 e. The Hall–Kier alpha value is -3.20. The van der Waals surface area contributed by atoms with Gasteiger partial charge in [-0.3, -0.25) is 4.79 Å². The molecule has 0 saturated heterocycles. The number of esters is 1. The quantitative estimate of drug-likeness (QED) is 0.123. The molecule has 172 valence electrons. The van der Waals surface area contributed by atoms with Gasteiger partial charge in [-0.05, 0) is 58.7 Å². The van der Waals surface area contributed by atoms with Gasteiger partial charge in [-0.25, -0.2) is 10.2 Å². The summed E-state index contributed by atoms with van der Waals surface area (Å²) in [6, 6.07) is 21.5. The van der Waals surface area contributed by atoms with Crippen LogP contribution in [0.2, 0.25) is 5.02 Å². The van der Waals surface area contributed by atoms with Crippen LogP contribution >= 0.6 is 38.9 Å². The van der Waals surface area contributed by atoms with Crippen molar-refractivity contribution in [3.05, 3.63) is 92.7 Å². The van der Waals surface area contributed by atoms with Crippen LogP contribution in [-0.4, -0.2) is 24.2 Å². The van der Waals surface area contributed by atoms with E-state index < -0.39 is 18.0 Å². The third-order valence-corrected chi connectivity index (χ3v) is 7.00. The van der Waals surface area contributed by atoms with Crippen LogP contribution in [-0.2, 0) is 4.79 Å². The zero-order valence-corrected chi connectivity index (χ0v) is 21.0. The van der Waals surface area contributed by atoms with E-state index in [4.69, 9.17) is 21.1 Å². The van der Waals surface area contributed by atoms with E-state index in [0.29, 0.717) is 27.0 Å². The second-order valence-electron chi connectivity index (χ2n) is 7.13. The number of nitrogens with one attached hydrogen (secondary N) is 1. The minimum atomic E-state index is -0.755. The van der Waals surface area contributed by atoms with Gasteiger partial charge < -0.3 is 9.47 Å². The summed E-state index contributed by atoms with van der Waals surface area (Å²) in [5, 5.41) is 5.17. The Labute approximate surface area is 213 Å². The van der Waals surface area contributed by atoms with Crippen molar-refractivity contribution in [2.45, 2.75) is 13.0 Å². The molecule has 1 heterocycles. The van der Waals surface area contributed by atoms with Gasteiger partial charge >= 0.3 is 5.97 Å². The van der Waals surface area contributed by atoms with Crippen LogP contribution in [0.3, 0.4) is 0 Å². The molecule has 1 amide bonds. The standard InChI is InChI=1S/C25H18BrClN2O4S/c1-15(32-20-11-4-3-10-19(20)26)24(30)29-28-14-16-7-6-8-17(13-16)33-25(31)23-22(27)18-9-2-5-12-21(18)34-23/h2-15H,1H3,(H,29,30)/b28-14-/t15-/m1/s1. The molecule has 0 aliphatic rings. The number of nitrogens with zero attached hydrogens (tertiary/aromatic N) is 1. The second kappa shape index (κ2) is 10.8. The molecule has 0 saturated carbocycles. The van der Waals surface area contributed by atoms with Gasteiger partial charge in [0.25, 0.3) is 5.91 Å². The molecular weight excluding hydrogens is 540 g/mol. The van der Waals surface area contributed by atoms with Crippen LogP contribution in [0.4, 0.5) is 0 Å². The maximum atomic E-state index is 12.7. The number of benzene rings is 3. The first-order chi connectivity index (χ1) is 16.4. The Balaban J connectivity index is 1.37. The SMILES string of the molecule is C[C@@H](Oc1ccccc1Br)C(=O)N/N=C\c1cccc(OC(=O)c2sc3ccccc3c2Cl)c1. The average Bonchev–Trinajstić information content (AvgIpc) is 3.17. The highest BCUT2D eigenvalue weighted by Crippen LogP contribution is 2.35. The van der Waals surface area contributed by atoms with Crippen molar-refractivity contribution in [3.63, 3.8) is 0 Å². The zero-order chi connectivity index (χ0) is 24.1. The van der Waals surface area contributed by atoms with Gasteiger partial charge in [0.15, 0.2) is 6.10 Å². The van der Waals surface area contributed by atoms with Crippen LogP contribution in [0, 0.1) is 0 Å². The van der Waals surface area contributed by atoms with Gasteiger partial charge in [-0.1, -0.05) is 54.1 Å². The number of hydrogen-bond donors (Lipinski definition) is 1. The number of para-hydroxylation sites is 1. The summed E-state index contributed by atoms with van der Waals surface area (Å²) >= 11 is 11.0. The Kier molecular flexibility index (Phi) is 7.62. The Morgan fingerprint density at radius 2 is 1.85 bits per heavy atom. The molecule has 34 heavy (non-hydrogen) atoms. The topological polar surface area (TPSA) is 77.0 Å². The molecule has 0 fully saturated rings. The normalized spacial score (nSPS) is 12.0. The minimum Gasteiger partial charge on any atom is -0.480 e. The number of hydrazone groups is 1. The number of thiophene rings is 1. The van der Waals surface area contributed by atoms with Crippen molar-refractivity contribution in [2.24, 2.45) is 5.10 Å². The summed E-state index contributed by atoms with van der Waals surface area (Å²) in [7, 11) is 0. The monoisotopic (exact) mass is 556 g/mol. The third kappa shape index (κ3) is 5.64. The first-order valence-electron chi connectivity index (χ1n) is 10.2. The largest absolute Gasteiger partial charge is 0.480 e. The van der Waals surface area contributed by atoms with Gasteiger partial charge in [0, 0.05) is 10.1 Å². The van der Waals surface area contributed by atoms with E-state index in [1.54, 1.807) is 37.3 Å². The first-order valence-corrected chi connectivity index (χ1v) is 12.1. The molecule has 4 aromatic rings. The Bertz CT molecular complexity index is 1390. The summed E-state index contributed by atoms with van der Waals surface area (Å²) in [4.78, 5) is 25.3. The second-order valence-corrected chi connectivity index (χ2v) is 9.41. The molecule has 0 unspecified atom stereocenters. The Morgan fingerprint density at radius 3 is 2.65 bits per heavy atom. The Morgan fingerprint density at radius 1 is 1.09 bits per heavy atom. The van der Waals surface area contributed by atoms with E-state index in [9.17, 15) is 9.59 Å². The fourth-order valence-electron chi connectivity index (χ4n) is 3.00. The highest BCUT2D eigenvalue weighted by Gasteiger charge is 2.19. The van der Waals surface area contributed by atoms with Crippen molar-refractivity contribution in [1.82, 2.24) is 5.43 Å². The summed E-state index contributed by atoms with van der Waals surface area (Å²) in [5.74, 6) is -0.0533. The number of halogens is 2. The summed E-state index contributed by atoms with van der Waals surface area (Å²) in [5.41, 5.74) is 3.08. The molecule has 0 aliphatic carbocycles. The lowest BCUT2D eigenvalue weighted by Gasteiger charge is -2.13. The van der Waals surface area contributed by atoms with Crippen molar-refractivity contribution >= 4 is 67.0 Å². The molecule has 4 rings (SSSR count). The van der Waals surface area contributed by atoms with Gasteiger partial charge in [0.2, 0.25) is 0 Å². The predicted octanol–water partition coefficient (Wildman–Crippen LogP) is 6.45. The fourth-order valence-corrected chi connectivity index (χ4v) is 4.77. The van der Waals surface area contributed by atoms with Gasteiger partial charge in [-0.15, -0.1) is 11.3 Å². The summed E-state index contributed by atoms with van der Waals surface area (Å²) in [6.45, 7) is 1.63. The van der Waals surface area contributed by atoms with Gasteiger partial charge in [0.05, 0.1) is 15.7 Å². The van der Waals surface area contributed by atoms with Crippen molar-refractivity contribution < 1.29 is 19.1 Å². The van der Waals surface area contributed by atoms with Crippen molar-refractivity contribution in [3.8, 4) is 11.5 Å². The number of rotatable bonds is 7. The number of carbonyl (C=O) groups is 2. The average molecular weight is 558 g/mol. The van der Waals surface area contributed by atoms with E-state index in [1.807, 2.05) is 42.5 Å². The van der Waals surface area contributed by atoms with Crippen molar-refractivity contribution in [2.75, 3.05) is 0 Å². The van der Waals surface area contributed by atoms with E-state index >= 15 is 0 Å². The lowest BCUT2D eigenvalue weighted by Crippen LogP contribution is -2.33. The van der Waals surface area contributed by atoms with Crippen LogP contribution in [0.5, 0.6) is 11.5 Å². The molecule has 1 N–H and O–H groups in total. The minimum absolute atomic E-state index is 0.333. The number of fused-ring (bicyclic) bond motifs is 1. The molecule has 1 atom stereocenters. The van der Waals surface area contributed by atoms with Gasteiger partial charge in [0.1, 0.15) is 16.4 Å². The van der Waals surface area contributed by atoms with E-state index in [-0.39, 0.29) is 0 Å². The fraction of sp³-hybridized carbons (Fsp3) is 0.0800. The van der Waals surface area contributed by atoms with Crippen LogP contribution in [0.25, 0.3) is 10.1 Å². The highest BCUT2D eigenvalue weighted by atomic mass is 79.9. The molecule has 0 spiro atoms. The van der Waals surface area contributed by atoms with Crippen LogP contribution in [0.15, 0.2) is 82.4 Å². The van der Waals surface area contributed by atoms with Crippen molar-refractivity contribution in [1.29, 1.82) is 0 Å². The lowest BCUT2D eigenvalue weighted by atomic mass is 10.2. The zero-order valence-electron chi connectivity index (χ0n) is 17.8. The molecule has 3 aromatic carbocycles. The number of hydrogen-bond acceptors (Lipinski definition) is 6. The molecule has 0 aliphatic heterocycles. The number of amides is 1. The highest BCUT2D eigenvalue weighted by molar-refractivity contribution is 9.10. The molecule has 1 aromatic heterocycles. The molecular formula is C25H18BrClN2O4S. The van der Waals surface area contributed by atoms with E-state index in [2.05, 4.69) is 26.5 Å². The van der Waals surface area contributed by atoms with Crippen LogP contribution in [0.1, 0.15) is 22.2 Å².